The first-order valence-corrected chi connectivity index (χ1v) is 4.94. The van der Waals surface area contributed by atoms with E-state index in [1.807, 2.05) is 0 Å². The van der Waals surface area contributed by atoms with Gasteiger partial charge in [0.15, 0.2) is 5.78 Å². The number of benzene rings is 1. The molecule has 86 valence electrons. The summed E-state index contributed by atoms with van der Waals surface area (Å²) in [5, 5.41) is 0. The molecule has 0 saturated carbocycles. The van der Waals surface area contributed by atoms with Crippen molar-refractivity contribution in [2.24, 2.45) is 5.92 Å². The topological polar surface area (TPSA) is 43.4 Å². The quantitative estimate of drug-likeness (QED) is 0.720. The smallest absolute Gasteiger partial charge is 0.172 e. The second-order valence-electron chi connectivity index (χ2n) is 3.75. The van der Waals surface area contributed by atoms with Gasteiger partial charge in [0.1, 0.15) is 24.5 Å². The van der Waals surface area contributed by atoms with Crippen molar-refractivity contribution < 1.29 is 18.7 Å². The van der Waals surface area contributed by atoms with Crippen molar-refractivity contribution in [1.82, 2.24) is 0 Å². The van der Waals surface area contributed by atoms with Crippen molar-refractivity contribution in [2.75, 3.05) is 6.61 Å². The summed E-state index contributed by atoms with van der Waals surface area (Å²) in [4.78, 5) is 21.7. The van der Waals surface area contributed by atoms with Crippen LogP contribution in [0.15, 0.2) is 18.2 Å². The summed E-state index contributed by atoms with van der Waals surface area (Å²) < 4.78 is 18.1. The third kappa shape index (κ3) is 3.46. The normalized spacial score (nSPS) is 10.2. The van der Waals surface area contributed by atoms with Crippen LogP contribution in [-0.2, 0) is 4.79 Å². The number of carbonyl (C=O) groups excluding carboxylic acids is 2. The molecule has 1 aromatic rings. The average Bonchev–Trinajstić information content (AvgIpc) is 2.24. The molecule has 0 aliphatic heterocycles. The molecule has 1 rings (SSSR count). The van der Waals surface area contributed by atoms with E-state index in [2.05, 4.69) is 0 Å². The molecule has 0 aromatic heterocycles. The van der Waals surface area contributed by atoms with Crippen LogP contribution >= 0.6 is 0 Å². The molecule has 0 saturated heterocycles. The zero-order valence-electron chi connectivity index (χ0n) is 9.20. The molecule has 3 nitrogen and oxygen atoms in total. The van der Waals surface area contributed by atoms with Crippen molar-refractivity contribution in [3.8, 4) is 5.75 Å². The summed E-state index contributed by atoms with van der Waals surface area (Å²) in [6.07, 6.45) is 0.528. The zero-order valence-corrected chi connectivity index (χ0v) is 9.20. The summed E-state index contributed by atoms with van der Waals surface area (Å²) in [6.45, 7) is 3.40. The highest BCUT2D eigenvalue weighted by Crippen LogP contribution is 2.15. The van der Waals surface area contributed by atoms with E-state index in [-0.39, 0.29) is 29.6 Å². The molecule has 0 heterocycles. The molecule has 0 radical (unpaired) electrons. The Morgan fingerprint density at radius 2 is 2.12 bits per heavy atom. The molecule has 0 aliphatic carbocycles. The van der Waals surface area contributed by atoms with Crippen molar-refractivity contribution in [3.63, 3.8) is 0 Å². The third-order valence-corrected chi connectivity index (χ3v) is 2.05. The lowest BCUT2D eigenvalue weighted by Crippen LogP contribution is -2.16. The van der Waals surface area contributed by atoms with Crippen LogP contribution in [0.1, 0.15) is 24.2 Å². The molecule has 0 atom stereocenters. The van der Waals surface area contributed by atoms with Crippen LogP contribution in [0.25, 0.3) is 0 Å². The highest BCUT2D eigenvalue weighted by Gasteiger charge is 2.08. The SMILES string of the molecule is CC(C)C(=O)COc1cc(F)cc(C=O)c1. The summed E-state index contributed by atoms with van der Waals surface area (Å²) in [7, 11) is 0. The van der Waals surface area contributed by atoms with Gasteiger partial charge in [0.05, 0.1) is 0 Å². The molecular formula is C12H13FO3. The zero-order chi connectivity index (χ0) is 12.1. The Labute approximate surface area is 93.2 Å². The van der Waals surface area contributed by atoms with Crippen molar-refractivity contribution >= 4 is 12.1 Å². The fourth-order valence-corrected chi connectivity index (χ4v) is 1.06. The van der Waals surface area contributed by atoms with Gasteiger partial charge in [-0.3, -0.25) is 9.59 Å². The van der Waals surface area contributed by atoms with E-state index in [9.17, 15) is 14.0 Å². The Bertz CT molecular complexity index is 399. The summed E-state index contributed by atoms with van der Waals surface area (Å²) in [5.74, 6) is -0.566. The lowest BCUT2D eigenvalue weighted by Gasteiger charge is -2.07. The third-order valence-electron chi connectivity index (χ3n) is 2.05. The largest absolute Gasteiger partial charge is 0.486 e. The van der Waals surface area contributed by atoms with Gasteiger partial charge < -0.3 is 4.74 Å². The van der Waals surface area contributed by atoms with Crippen LogP contribution in [0, 0.1) is 11.7 Å². The van der Waals surface area contributed by atoms with Crippen LogP contribution in [-0.4, -0.2) is 18.7 Å². The molecular weight excluding hydrogens is 211 g/mol. The Balaban J connectivity index is 2.70. The first-order valence-electron chi connectivity index (χ1n) is 4.94. The Kier molecular flexibility index (Phi) is 4.17. The number of aldehydes is 1. The summed E-state index contributed by atoms with van der Waals surface area (Å²) in [5.41, 5.74) is 0.187. The molecule has 0 aliphatic rings. The minimum absolute atomic E-state index is 0.0723. The van der Waals surface area contributed by atoms with Gasteiger partial charge >= 0.3 is 0 Å². The van der Waals surface area contributed by atoms with Gasteiger partial charge in [0, 0.05) is 17.5 Å². The standard InChI is InChI=1S/C12H13FO3/c1-8(2)12(15)7-16-11-4-9(6-14)3-10(13)5-11/h3-6,8H,7H2,1-2H3. The van der Waals surface area contributed by atoms with E-state index in [0.717, 1.165) is 12.1 Å². The first kappa shape index (κ1) is 12.4. The maximum atomic E-state index is 13.0. The average molecular weight is 224 g/mol. The van der Waals surface area contributed by atoms with E-state index in [0.29, 0.717) is 6.29 Å². The first-order chi connectivity index (χ1) is 7.52. The molecule has 0 bridgehead atoms. The maximum Gasteiger partial charge on any atom is 0.172 e. The van der Waals surface area contributed by atoms with Gasteiger partial charge in [-0.1, -0.05) is 13.8 Å². The number of ether oxygens (including phenoxy) is 1. The van der Waals surface area contributed by atoms with Gasteiger partial charge in [0.2, 0.25) is 0 Å². The van der Waals surface area contributed by atoms with Gasteiger partial charge in [0.25, 0.3) is 0 Å². The van der Waals surface area contributed by atoms with Crippen LogP contribution in [0.2, 0.25) is 0 Å². The molecule has 0 unspecified atom stereocenters. The predicted octanol–water partition coefficient (Wildman–Crippen LogP) is 2.24. The molecule has 4 heteroatoms. The highest BCUT2D eigenvalue weighted by atomic mass is 19.1. The van der Waals surface area contributed by atoms with E-state index in [1.165, 1.54) is 6.07 Å². The van der Waals surface area contributed by atoms with Crippen molar-refractivity contribution in [1.29, 1.82) is 0 Å². The fourth-order valence-electron chi connectivity index (χ4n) is 1.06. The van der Waals surface area contributed by atoms with Crippen LogP contribution in [0.5, 0.6) is 5.75 Å². The molecule has 0 amide bonds. The van der Waals surface area contributed by atoms with Crippen molar-refractivity contribution in [3.05, 3.63) is 29.6 Å². The Morgan fingerprint density at radius 3 is 2.69 bits per heavy atom. The van der Waals surface area contributed by atoms with Gasteiger partial charge in [-0.15, -0.1) is 0 Å². The predicted molar refractivity (Wildman–Crippen MR) is 57.1 cm³/mol. The molecule has 0 N–H and O–H groups in total. The minimum Gasteiger partial charge on any atom is -0.486 e. The number of ketones is 1. The minimum atomic E-state index is -0.559. The Hall–Kier alpha value is -1.71. The molecule has 0 spiro atoms. The van der Waals surface area contributed by atoms with Gasteiger partial charge in [-0.25, -0.2) is 4.39 Å². The monoisotopic (exact) mass is 224 g/mol. The maximum absolute atomic E-state index is 13.0. The van der Waals surface area contributed by atoms with Crippen LogP contribution in [0.3, 0.4) is 0 Å². The second kappa shape index (κ2) is 5.39. The number of Topliss-reactive ketones (excluding diaryl/α,β-unsaturated/α-hetero) is 1. The van der Waals surface area contributed by atoms with Crippen LogP contribution in [0.4, 0.5) is 4.39 Å². The number of rotatable bonds is 5. The lowest BCUT2D eigenvalue weighted by molar-refractivity contribution is -0.123. The number of hydrogen-bond acceptors (Lipinski definition) is 3. The Morgan fingerprint density at radius 1 is 1.44 bits per heavy atom. The number of hydrogen-bond donors (Lipinski definition) is 0. The summed E-state index contributed by atoms with van der Waals surface area (Å²) >= 11 is 0. The number of carbonyl (C=O) groups is 2. The molecule has 1 aromatic carbocycles. The molecule has 16 heavy (non-hydrogen) atoms. The van der Waals surface area contributed by atoms with E-state index in [1.54, 1.807) is 13.8 Å². The van der Waals surface area contributed by atoms with Gasteiger partial charge in [-0.05, 0) is 12.1 Å². The fraction of sp³-hybridized carbons (Fsp3) is 0.333. The van der Waals surface area contributed by atoms with Gasteiger partial charge in [-0.2, -0.15) is 0 Å². The second-order valence-corrected chi connectivity index (χ2v) is 3.75. The highest BCUT2D eigenvalue weighted by molar-refractivity contribution is 5.81. The van der Waals surface area contributed by atoms with E-state index >= 15 is 0 Å². The molecule has 0 fully saturated rings. The lowest BCUT2D eigenvalue weighted by atomic mass is 10.1. The van der Waals surface area contributed by atoms with Crippen molar-refractivity contribution in [2.45, 2.75) is 13.8 Å². The van der Waals surface area contributed by atoms with E-state index < -0.39 is 5.82 Å². The summed E-state index contributed by atoms with van der Waals surface area (Å²) in [6, 6.07) is 3.63. The number of halogens is 1. The van der Waals surface area contributed by atoms with E-state index in [4.69, 9.17) is 4.74 Å². The van der Waals surface area contributed by atoms with Crippen LogP contribution < -0.4 is 4.74 Å².